The standard InChI is InChI=1S/C14H20BrNO/c1-2-3-4-5-6-10-16-14(17)12-8-7-9-13(15)11-12/h7-9,11H,2-6,10H2,1H3,(H,16,17). The number of hydrogen-bond donors (Lipinski definition) is 1. The van der Waals surface area contributed by atoms with Gasteiger partial charge in [0, 0.05) is 16.6 Å². The molecule has 0 atom stereocenters. The van der Waals surface area contributed by atoms with Crippen molar-refractivity contribution in [2.24, 2.45) is 0 Å². The summed E-state index contributed by atoms with van der Waals surface area (Å²) in [6.07, 6.45) is 6.08. The van der Waals surface area contributed by atoms with Gasteiger partial charge in [0.15, 0.2) is 0 Å². The van der Waals surface area contributed by atoms with E-state index in [0.29, 0.717) is 5.56 Å². The van der Waals surface area contributed by atoms with Gasteiger partial charge in [-0.1, -0.05) is 54.6 Å². The topological polar surface area (TPSA) is 29.1 Å². The maximum Gasteiger partial charge on any atom is 0.251 e. The van der Waals surface area contributed by atoms with E-state index in [9.17, 15) is 4.79 Å². The molecular weight excluding hydrogens is 278 g/mol. The highest BCUT2D eigenvalue weighted by Crippen LogP contribution is 2.11. The molecule has 94 valence electrons. The second-order valence-corrected chi connectivity index (χ2v) is 5.10. The predicted octanol–water partition coefficient (Wildman–Crippen LogP) is 4.15. The third-order valence-corrected chi connectivity index (χ3v) is 3.15. The van der Waals surface area contributed by atoms with Crippen LogP contribution in [0.1, 0.15) is 49.4 Å². The first-order valence-corrected chi connectivity index (χ1v) is 7.07. The van der Waals surface area contributed by atoms with Crippen LogP contribution in [0.2, 0.25) is 0 Å². The molecule has 1 N–H and O–H groups in total. The third kappa shape index (κ3) is 5.87. The summed E-state index contributed by atoms with van der Waals surface area (Å²) in [7, 11) is 0. The van der Waals surface area contributed by atoms with Crippen LogP contribution in [0.15, 0.2) is 28.7 Å². The van der Waals surface area contributed by atoms with Crippen molar-refractivity contribution in [2.75, 3.05) is 6.54 Å². The highest BCUT2D eigenvalue weighted by Gasteiger charge is 2.04. The molecule has 17 heavy (non-hydrogen) atoms. The Morgan fingerprint density at radius 2 is 2.00 bits per heavy atom. The number of nitrogens with one attached hydrogen (secondary N) is 1. The van der Waals surface area contributed by atoms with E-state index in [-0.39, 0.29) is 5.91 Å². The maximum absolute atomic E-state index is 11.8. The number of carbonyl (C=O) groups is 1. The summed E-state index contributed by atoms with van der Waals surface area (Å²) in [4.78, 5) is 11.8. The Balaban J connectivity index is 2.21. The zero-order valence-corrected chi connectivity index (χ0v) is 11.9. The minimum atomic E-state index is 0.0155. The van der Waals surface area contributed by atoms with E-state index in [2.05, 4.69) is 28.2 Å². The van der Waals surface area contributed by atoms with Gasteiger partial charge in [0.1, 0.15) is 0 Å². The molecule has 1 rings (SSSR count). The highest BCUT2D eigenvalue weighted by atomic mass is 79.9. The fourth-order valence-electron chi connectivity index (χ4n) is 1.66. The Morgan fingerprint density at radius 1 is 1.24 bits per heavy atom. The van der Waals surface area contributed by atoms with Gasteiger partial charge < -0.3 is 5.32 Å². The Morgan fingerprint density at radius 3 is 2.71 bits per heavy atom. The highest BCUT2D eigenvalue weighted by molar-refractivity contribution is 9.10. The molecule has 0 unspecified atom stereocenters. The molecule has 0 fully saturated rings. The average molecular weight is 298 g/mol. The van der Waals surface area contributed by atoms with E-state index >= 15 is 0 Å². The fraction of sp³-hybridized carbons (Fsp3) is 0.500. The van der Waals surface area contributed by atoms with E-state index < -0.39 is 0 Å². The predicted molar refractivity (Wildman–Crippen MR) is 75.2 cm³/mol. The molecule has 0 saturated carbocycles. The van der Waals surface area contributed by atoms with Gasteiger partial charge in [-0.3, -0.25) is 4.79 Å². The van der Waals surface area contributed by atoms with Crippen LogP contribution in [0.25, 0.3) is 0 Å². The van der Waals surface area contributed by atoms with Gasteiger partial charge in [-0.25, -0.2) is 0 Å². The van der Waals surface area contributed by atoms with E-state index in [1.807, 2.05) is 24.3 Å². The normalized spacial score (nSPS) is 10.2. The molecule has 1 amide bonds. The molecule has 0 spiro atoms. The molecule has 0 aliphatic heterocycles. The van der Waals surface area contributed by atoms with Crippen LogP contribution in [-0.2, 0) is 0 Å². The summed E-state index contributed by atoms with van der Waals surface area (Å²) in [6.45, 7) is 2.98. The molecule has 0 bridgehead atoms. The lowest BCUT2D eigenvalue weighted by molar-refractivity contribution is 0.0953. The van der Waals surface area contributed by atoms with Crippen molar-refractivity contribution >= 4 is 21.8 Å². The fourth-order valence-corrected chi connectivity index (χ4v) is 2.06. The maximum atomic E-state index is 11.8. The number of rotatable bonds is 7. The summed E-state index contributed by atoms with van der Waals surface area (Å²) in [5.74, 6) is 0.0155. The first-order valence-electron chi connectivity index (χ1n) is 6.28. The monoisotopic (exact) mass is 297 g/mol. The van der Waals surface area contributed by atoms with Gasteiger partial charge in [-0.15, -0.1) is 0 Å². The average Bonchev–Trinajstić information content (AvgIpc) is 2.33. The van der Waals surface area contributed by atoms with Gasteiger partial charge >= 0.3 is 0 Å². The minimum Gasteiger partial charge on any atom is -0.352 e. The van der Waals surface area contributed by atoms with E-state index in [0.717, 1.165) is 17.4 Å². The minimum absolute atomic E-state index is 0.0155. The van der Waals surface area contributed by atoms with Crippen molar-refractivity contribution in [3.8, 4) is 0 Å². The lowest BCUT2D eigenvalue weighted by Crippen LogP contribution is -2.24. The van der Waals surface area contributed by atoms with Crippen LogP contribution in [0.4, 0.5) is 0 Å². The van der Waals surface area contributed by atoms with Crippen LogP contribution in [-0.4, -0.2) is 12.5 Å². The SMILES string of the molecule is CCCCCCCNC(=O)c1cccc(Br)c1. The molecule has 0 aromatic heterocycles. The van der Waals surface area contributed by atoms with Gasteiger partial charge in [-0.2, -0.15) is 0 Å². The van der Waals surface area contributed by atoms with Gasteiger partial charge in [0.05, 0.1) is 0 Å². The van der Waals surface area contributed by atoms with Crippen molar-refractivity contribution in [2.45, 2.75) is 39.0 Å². The van der Waals surface area contributed by atoms with Crippen molar-refractivity contribution in [1.29, 1.82) is 0 Å². The van der Waals surface area contributed by atoms with E-state index in [4.69, 9.17) is 0 Å². The van der Waals surface area contributed by atoms with Crippen molar-refractivity contribution in [3.63, 3.8) is 0 Å². The van der Waals surface area contributed by atoms with Gasteiger partial charge in [-0.05, 0) is 24.6 Å². The van der Waals surface area contributed by atoms with Crippen molar-refractivity contribution < 1.29 is 4.79 Å². The number of hydrogen-bond acceptors (Lipinski definition) is 1. The number of halogens is 1. The molecule has 1 aromatic rings. The molecule has 0 heterocycles. The Kier molecular flexibility index (Phi) is 6.94. The molecule has 0 aliphatic rings. The zero-order valence-electron chi connectivity index (χ0n) is 10.3. The Labute approximate surface area is 112 Å². The number of benzene rings is 1. The summed E-state index contributed by atoms with van der Waals surface area (Å²) >= 11 is 3.36. The molecular formula is C14H20BrNO. The third-order valence-electron chi connectivity index (χ3n) is 2.65. The summed E-state index contributed by atoms with van der Waals surface area (Å²) in [5.41, 5.74) is 0.716. The second-order valence-electron chi connectivity index (χ2n) is 4.18. The number of carbonyl (C=O) groups excluding carboxylic acids is 1. The van der Waals surface area contributed by atoms with Gasteiger partial charge in [0.25, 0.3) is 5.91 Å². The first-order chi connectivity index (χ1) is 8.24. The molecule has 2 nitrogen and oxygen atoms in total. The van der Waals surface area contributed by atoms with Crippen LogP contribution >= 0.6 is 15.9 Å². The quantitative estimate of drug-likeness (QED) is 0.753. The molecule has 3 heteroatoms. The lowest BCUT2D eigenvalue weighted by atomic mass is 10.1. The van der Waals surface area contributed by atoms with Crippen LogP contribution in [0.3, 0.4) is 0 Å². The summed E-state index contributed by atoms with van der Waals surface area (Å²) in [5, 5.41) is 2.94. The smallest absolute Gasteiger partial charge is 0.251 e. The number of unbranched alkanes of at least 4 members (excludes halogenated alkanes) is 4. The summed E-state index contributed by atoms with van der Waals surface area (Å²) in [6, 6.07) is 7.46. The molecule has 0 saturated heterocycles. The molecule has 0 aliphatic carbocycles. The summed E-state index contributed by atoms with van der Waals surface area (Å²) < 4.78 is 0.938. The van der Waals surface area contributed by atoms with Crippen LogP contribution in [0, 0.1) is 0 Å². The van der Waals surface area contributed by atoms with Crippen LogP contribution < -0.4 is 5.32 Å². The Hall–Kier alpha value is -0.830. The zero-order chi connectivity index (χ0) is 12.5. The van der Waals surface area contributed by atoms with E-state index in [1.54, 1.807) is 0 Å². The molecule has 1 aromatic carbocycles. The van der Waals surface area contributed by atoms with Crippen molar-refractivity contribution in [1.82, 2.24) is 5.32 Å². The van der Waals surface area contributed by atoms with Crippen molar-refractivity contribution in [3.05, 3.63) is 34.3 Å². The lowest BCUT2D eigenvalue weighted by Gasteiger charge is -2.05. The largest absolute Gasteiger partial charge is 0.352 e. The van der Waals surface area contributed by atoms with E-state index in [1.165, 1.54) is 25.7 Å². The van der Waals surface area contributed by atoms with Crippen LogP contribution in [0.5, 0.6) is 0 Å². The first kappa shape index (κ1) is 14.2. The van der Waals surface area contributed by atoms with Gasteiger partial charge in [0.2, 0.25) is 0 Å². The Bertz CT molecular complexity index is 352. The second kappa shape index (κ2) is 8.29. The molecule has 0 radical (unpaired) electrons. The number of amides is 1.